The van der Waals surface area contributed by atoms with Gasteiger partial charge < -0.3 is 10.5 Å². The number of ether oxygens (including phenoxy) is 1. The van der Waals surface area contributed by atoms with Crippen molar-refractivity contribution in [2.75, 3.05) is 0 Å². The molecule has 2 nitrogen and oxygen atoms in total. The normalized spacial score (nSPS) is 16.5. The van der Waals surface area contributed by atoms with E-state index in [0.29, 0.717) is 10.9 Å². The van der Waals surface area contributed by atoms with Crippen molar-refractivity contribution >= 4 is 15.9 Å². The van der Waals surface area contributed by atoms with Gasteiger partial charge in [0.05, 0.1) is 10.6 Å². The maximum absolute atomic E-state index is 13.5. The Morgan fingerprint density at radius 1 is 1.44 bits per heavy atom. The third-order valence-corrected chi connectivity index (χ3v) is 3.66. The zero-order chi connectivity index (χ0) is 13.3. The topological polar surface area (TPSA) is 35.2 Å². The fourth-order valence-corrected chi connectivity index (χ4v) is 2.59. The van der Waals surface area contributed by atoms with Crippen LogP contribution in [-0.4, -0.2) is 11.6 Å². The summed E-state index contributed by atoms with van der Waals surface area (Å²) in [6.07, 6.45) is 4.23. The third-order valence-electron chi connectivity index (χ3n) is 3.07. The molecule has 1 saturated carbocycles. The van der Waals surface area contributed by atoms with E-state index in [2.05, 4.69) is 15.9 Å². The van der Waals surface area contributed by atoms with Gasteiger partial charge in [0.1, 0.15) is 11.6 Å². The quantitative estimate of drug-likeness (QED) is 0.917. The predicted octanol–water partition coefficient (Wildman–Crippen LogP) is 3.80. The second-order valence-electron chi connectivity index (χ2n) is 5.71. The summed E-state index contributed by atoms with van der Waals surface area (Å²) in [5.41, 5.74) is 6.47. The number of hydrogen-bond acceptors (Lipinski definition) is 2. The molecule has 0 aliphatic heterocycles. The van der Waals surface area contributed by atoms with Crippen molar-refractivity contribution in [1.29, 1.82) is 0 Å². The van der Waals surface area contributed by atoms with E-state index >= 15 is 0 Å². The summed E-state index contributed by atoms with van der Waals surface area (Å²) in [5, 5.41) is 0. The summed E-state index contributed by atoms with van der Waals surface area (Å²) in [6, 6.07) is 2.97. The van der Waals surface area contributed by atoms with Crippen LogP contribution >= 0.6 is 15.9 Å². The lowest BCUT2D eigenvalue weighted by Crippen LogP contribution is -2.35. The highest BCUT2D eigenvalue weighted by molar-refractivity contribution is 9.10. The first-order valence-corrected chi connectivity index (χ1v) is 7.08. The minimum atomic E-state index is -0.384. The Kier molecular flexibility index (Phi) is 3.97. The van der Waals surface area contributed by atoms with Gasteiger partial charge in [0.25, 0.3) is 0 Å². The van der Waals surface area contributed by atoms with Gasteiger partial charge >= 0.3 is 0 Å². The monoisotopic (exact) mass is 315 g/mol. The van der Waals surface area contributed by atoms with Crippen molar-refractivity contribution < 1.29 is 9.13 Å². The van der Waals surface area contributed by atoms with Crippen LogP contribution in [0.3, 0.4) is 0 Å². The van der Waals surface area contributed by atoms with Crippen LogP contribution in [-0.2, 0) is 6.42 Å². The van der Waals surface area contributed by atoms with Crippen LogP contribution in [0.2, 0.25) is 0 Å². The zero-order valence-corrected chi connectivity index (χ0v) is 12.4. The molecule has 18 heavy (non-hydrogen) atoms. The van der Waals surface area contributed by atoms with Crippen molar-refractivity contribution in [3.8, 4) is 5.75 Å². The van der Waals surface area contributed by atoms with Crippen LogP contribution in [0.1, 0.15) is 38.7 Å². The van der Waals surface area contributed by atoms with Crippen molar-refractivity contribution in [1.82, 2.24) is 0 Å². The molecule has 0 radical (unpaired) electrons. The molecule has 100 valence electrons. The van der Waals surface area contributed by atoms with E-state index in [4.69, 9.17) is 10.5 Å². The molecule has 2 N–H and O–H groups in total. The molecule has 1 fully saturated rings. The largest absolute Gasteiger partial charge is 0.489 e. The molecule has 0 bridgehead atoms. The summed E-state index contributed by atoms with van der Waals surface area (Å²) in [4.78, 5) is 0. The molecule has 1 aromatic rings. The Hall–Kier alpha value is -0.610. The van der Waals surface area contributed by atoms with Crippen LogP contribution in [0.4, 0.5) is 4.39 Å². The molecule has 0 saturated heterocycles. The average molecular weight is 316 g/mol. The van der Waals surface area contributed by atoms with Crippen LogP contribution < -0.4 is 10.5 Å². The van der Waals surface area contributed by atoms with Gasteiger partial charge in [0, 0.05) is 11.1 Å². The molecule has 0 spiro atoms. The fraction of sp³-hybridized carbons (Fsp3) is 0.571. The Balaban J connectivity index is 2.28. The molecule has 2 rings (SSSR count). The van der Waals surface area contributed by atoms with Gasteiger partial charge in [-0.05, 0) is 67.6 Å². The SMILES string of the molecule is CC(C)(N)Cc1cc(F)cc(Br)c1OC1CCC1. The van der Waals surface area contributed by atoms with Gasteiger partial charge in [-0.1, -0.05) is 0 Å². The minimum absolute atomic E-state index is 0.262. The van der Waals surface area contributed by atoms with Gasteiger partial charge in [-0.2, -0.15) is 0 Å². The van der Waals surface area contributed by atoms with E-state index in [0.717, 1.165) is 24.2 Å². The Morgan fingerprint density at radius 2 is 2.11 bits per heavy atom. The lowest BCUT2D eigenvalue weighted by molar-refractivity contribution is 0.117. The fourth-order valence-electron chi connectivity index (χ4n) is 2.02. The zero-order valence-electron chi connectivity index (χ0n) is 10.8. The Morgan fingerprint density at radius 3 is 2.61 bits per heavy atom. The first kappa shape index (κ1) is 13.8. The maximum atomic E-state index is 13.5. The highest BCUT2D eigenvalue weighted by Crippen LogP contribution is 2.36. The maximum Gasteiger partial charge on any atom is 0.137 e. The standard InChI is InChI=1S/C14H19BrFNO/c1-14(2,17)8-9-6-10(16)7-12(15)13(9)18-11-4-3-5-11/h6-7,11H,3-5,8,17H2,1-2H3. The van der Waals surface area contributed by atoms with E-state index in [-0.39, 0.29) is 17.5 Å². The van der Waals surface area contributed by atoms with Crippen LogP contribution in [0.25, 0.3) is 0 Å². The lowest BCUT2D eigenvalue weighted by atomic mass is 9.94. The number of nitrogens with two attached hydrogens (primary N) is 1. The number of rotatable bonds is 4. The highest BCUT2D eigenvalue weighted by atomic mass is 79.9. The van der Waals surface area contributed by atoms with Crippen LogP contribution in [0.5, 0.6) is 5.75 Å². The molecule has 1 aromatic carbocycles. The first-order chi connectivity index (χ1) is 8.35. The summed E-state index contributed by atoms with van der Waals surface area (Å²) in [6.45, 7) is 3.86. The number of halogens is 2. The van der Waals surface area contributed by atoms with Gasteiger partial charge in [0.15, 0.2) is 0 Å². The number of hydrogen-bond donors (Lipinski definition) is 1. The molecule has 0 aromatic heterocycles. The summed E-state index contributed by atoms with van der Waals surface area (Å²) >= 11 is 3.38. The van der Waals surface area contributed by atoms with E-state index in [1.165, 1.54) is 18.6 Å². The molecular formula is C14H19BrFNO. The van der Waals surface area contributed by atoms with Crippen molar-refractivity contribution in [2.45, 2.75) is 51.2 Å². The molecule has 4 heteroatoms. The molecule has 0 heterocycles. The van der Waals surface area contributed by atoms with Crippen LogP contribution in [0, 0.1) is 5.82 Å². The molecule has 1 aliphatic carbocycles. The van der Waals surface area contributed by atoms with Crippen molar-refractivity contribution in [3.05, 3.63) is 28.0 Å². The Bertz CT molecular complexity index is 438. The summed E-state index contributed by atoms with van der Waals surface area (Å²) in [7, 11) is 0. The second-order valence-corrected chi connectivity index (χ2v) is 6.57. The van der Waals surface area contributed by atoms with E-state index in [9.17, 15) is 4.39 Å². The van der Waals surface area contributed by atoms with E-state index < -0.39 is 0 Å². The predicted molar refractivity (Wildman–Crippen MR) is 74.3 cm³/mol. The van der Waals surface area contributed by atoms with Crippen molar-refractivity contribution in [3.63, 3.8) is 0 Å². The highest BCUT2D eigenvalue weighted by Gasteiger charge is 2.24. The summed E-state index contributed by atoms with van der Waals surface area (Å²) in [5.74, 6) is 0.488. The van der Waals surface area contributed by atoms with Gasteiger partial charge in [-0.15, -0.1) is 0 Å². The lowest BCUT2D eigenvalue weighted by Gasteiger charge is -2.29. The molecule has 1 aliphatic rings. The van der Waals surface area contributed by atoms with Crippen LogP contribution in [0.15, 0.2) is 16.6 Å². The minimum Gasteiger partial charge on any atom is -0.489 e. The molecule has 0 atom stereocenters. The van der Waals surface area contributed by atoms with Crippen molar-refractivity contribution in [2.24, 2.45) is 5.73 Å². The Labute approximate surface area is 116 Å². The smallest absolute Gasteiger partial charge is 0.137 e. The number of benzene rings is 1. The second kappa shape index (κ2) is 5.17. The average Bonchev–Trinajstić information content (AvgIpc) is 2.10. The van der Waals surface area contributed by atoms with Gasteiger partial charge in [-0.3, -0.25) is 0 Å². The molecule has 0 amide bonds. The van der Waals surface area contributed by atoms with Gasteiger partial charge in [-0.25, -0.2) is 4.39 Å². The third kappa shape index (κ3) is 3.45. The summed E-state index contributed by atoms with van der Waals surface area (Å²) < 4.78 is 20.1. The molecule has 0 unspecified atom stereocenters. The van der Waals surface area contributed by atoms with E-state index in [1.807, 2.05) is 13.8 Å². The first-order valence-electron chi connectivity index (χ1n) is 6.28. The van der Waals surface area contributed by atoms with Gasteiger partial charge in [0.2, 0.25) is 0 Å². The molecular weight excluding hydrogens is 297 g/mol. The van der Waals surface area contributed by atoms with E-state index in [1.54, 1.807) is 0 Å².